The standard InChI is InChI=1S/C10H10BrN3/c11-4-2-1-3-9-5-8-6-13-14-10(8)7-12-9/h1,3,5-7H,2,4H2,(H,13,14). The molecule has 0 bridgehead atoms. The predicted octanol–water partition coefficient (Wildman–Crippen LogP) is 2.76. The number of rotatable bonds is 3. The summed E-state index contributed by atoms with van der Waals surface area (Å²) in [6, 6.07) is 2.02. The molecule has 0 aliphatic rings. The maximum Gasteiger partial charge on any atom is 0.0833 e. The van der Waals surface area contributed by atoms with Crippen molar-refractivity contribution in [2.75, 3.05) is 5.33 Å². The summed E-state index contributed by atoms with van der Waals surface area (Å²) in [5.41, 5.74) is 1.95. The van der Waals surface area contributed by atoms with Gasteiger partial charge in [0, 0.05) is 10.7 Å². The smallest absolute Gasteiger partial charge is 0.0833 e. The number of nitrogens with one attached hydrogen (secondary N) is 1. The lowest BCUT2D eigenvalue weighted by atomic mass is 10.2. The molecule has 0 aromatic carbocycles. The van der Waals surface area contributed by atoms with Crippen molar-refractivity contribution in [1.29, 1.82) is 0 Å². The van der Waals surface area contributed by atoms with Gasteiger partial charge in [0.25, 0.3) is 0 Å². The highest BCUT2D eigenvalue weighted by molar-refractivity contribution is 9.09. The van der Waals surface area contributed by atoms with Crippen LogP contribution in [0.15, 0.2) is 24.5 Å². The SMILES string of the molecule is BrCCC=Cc1cc2cn[nH]c2cn1. The second-order valence-electron chi connectivity index (χ2n) is 2.95. The van der Waals surface area contributed by atoms with Gasteiger partial charge in [-0.1, -0.05) is 22.0 Å². The van der Waals surface area contributed by atoms with E-state index in [1.165, 1.54) is 0 Å². The highest BCUT2D eigenvalue weighted by Crippen LogP contribution is 2.11. The Hall–Kier alpha value is -1.16. The summed E-state index contributed by atoms with van der Waals surface area (Å²) in [6.45, 7) is 0. The van der Waals surface area contributed by atoms with Crippen LogP contribution in [0.4, 0.5) is 0 Å². The zero-order valence-corrected chi connectivity index (χ0v) is 9.16. The van der Waals surface area contributed by atoms with Gasteiger partial charge >= 0.3 is 0 Å². The number of allylic oxidation sites excluding steroid dienone is 1. The summed E-state index contributed by atoms with van der Waals surface area (Å²) >= 11 is 3.37. The van der Waals surface area contributed by atoms with Gasteiger partial charge in [0.1, 0.15) is 0 Å². The molecule has 0 fully saturated rings. The maximum absolute atomic E-state index is 4.28. The van der Waals surface area contributed by atoms with E-state index in [1.54, 1.807) is 12.4 Å². The van der Waals surface area contributed by atoms with Crippen molar-refractivity contribution in [3.8, 4) is 0 Å². The van der Waals surface area contributed by atoms with Crippen LogP contribution in [0.3, 0.4) is 0 Å². The summed E-state index contributed by atoms with van der Waals surface area (Å²) in [6.07, 6.45) is 8.75. The number of alkyl halides is 1. The Morgan fingerprint density at radius 2 is 2.36 bits per heavy atom. The number of aromatic amines is 1. The van der Waals surface area contributed by atoms with Crippen LogP contribution in [0, 0.1) is 0 Å². The van der Waals surface area contributed by atoms with Gasteiger partial charge in [-0.3, -0.25) is 10.1 Å². The van der Waals surface area contributed by atoms with Crippen molar-refractivity contribution in [3.05, 3.63) is 30.2 Å². The molecule has 0 spiro atoms. The van der Waals surface area contributed by atoms with E-state index in [9.17, 15) is 0 Å². The molecule has 2 rings (SSSR count). The van der Waals surface area contributed by atoms with E-state index in [0.29, 0.717) is 0 Å². The number of pyridine rings is 1. The van der Waals surface area contributed by atoms with E-state index < -0.39 is 0 Å². The van der Waals surface area contributed by atoms with Crippen LogP contribution in [0.2, 0.25) is 0 Å². The third-order valence-electron chi connectivity index (χ3n) is 1.91. The van der Waals surface area contributed by atoms with E-state index in [0.717, 1.165) is 28.3 Å². The molecule has 0 atom stereocenters. The van der Waals surface area contributed by atoms with E-state index in [-0.39, 0.29) is 0 Å². The van der Waals surface area contributed by atoms with Gasteiger partial charge in [0.05, 0.1) is 23.6 Å². The quantitative estimate of drug-likeness (QED) is 0.853. The van der Waals surface area contributed by atoms with E-state index >= 15 is 0 Å². The molecular formula is C10H10BrN3. The Kier molecular flexibility index (Phi) is 2.93. The van der Waals surface area contributed by atoms with Crippen LogP contribution in [0.5, 0.6) is 0 Å². The lowest BCUT2D eigenvalue weighted by Crippen LogP contribution is -1.79. The molecule has 2 aromatic rings. The Morgan fingerprint density at radius 1 is 1.43 bits per heavy atom. The number of halogens is 1. The van der Waals surface area contributed by atoms with E-state index in [4.69, 9.17) is 0 Å². The van der Waals surface area contributed by atoms with Gasteiger partial charge in [-0.25, -0.2) is 0 Å². The molecule has 0 radical (unpaired) electrons. The first-order valence-corrected chi connectivity index (χ1v) is 5.54. The first-order chi connectivity index (χ1) is 6.90. The third-order valence-corrected chi connectivity index (χ3v) is 2.37. The number of hydrogen-bond donors (Lipinski definition) is 1. The monoisotopic (exact) mass is 251 g/mol. The molecule has 14 heavy (non-hydrogen) atoms. The van der Waals surface area contributed by atoms with Crippen molar-refractivity contribution in [2.24, 2.45) is 0 Å². The van der Waals surface area contributed by atoms with Crippen molar-refractivity contribution >= 4 is 32.9 Å². The van der Waals surface area contributed by atoms with Gasteiger partial charge in [-0.05, 0) is 18.6 Å². The zero-order chi connectivity index (χ0) is 9.80. The van der Waals surface area contributed by atoms with Crippen LogP contribution in [0.25, 0.3) is 17.0 Å². The Bertz CT molecular complexity index is 447. The Morgan fingerprint density at radius 3 is 3.21 bits per heavy atom. The largest absolute Gasteiger partial charge is 0.276 e. The highest BCUT2D eigenvalue weighted by Gasteiger charge is 1.95. The number of hydrogen-bond acceptors (Lipinski definition) is 2. The first kappa shape index (κ1) is 9.40. The molecule has 2 aromatic heterocycles. The summed E-state index contributed by atoms with van der Waals surface area (Å²) in [5.74, 6) is 0. The highest BCUT2D eigenvalue weighted by atomic mass is 79.9. The molecule has 4 heteroatoms. The maximum atomic E-state index is 4.28. The van der Waals surface area contributed by atoms with Gasteiger partial charge in [-0.15, -0.1) is 0 Å². The molecule has 1 N–H and O–H groups in total. The molecule has 0 aliphatic heterocycles. The summed E-state index contributed by atoms with van der Waals surface area (Å²) in [7, 11) is 0. The second kappa shape index (κ2) is 4.37. The number of fused-ring (bicyclic) bond motifs is 1. The molecule has 0 saturated carbocycles. The fourth-order valence-electron chi connectivity index (χ4n) is 1.22. The van der Waals surface area contributed by atoms with Crippen LogP contribution in [0.1, 0.15) is 12.1 Å². The molecule has 2 heterocycles. The summed E-state index contributed by atoms with van der Waals surface area (Å²) in [5, 5.41) is 8.89. The predicted molar refractivity (Wildman–Crippen MR) is 61.3 cm³/mol. The van der Waals surface area contributed by atoms with E-state index in [2.05, 4.69) is 37.2 Å². The topological polar surface area (TPSA) is 41.6 Å². The van der Waals surface area contributed by atoms with Crippen molar-refractivity contribution in [1.82, 2.24) is 15.2 Å². The first-order valence-electron chi connectivity index (χ1n) is 4.42. The van der Waals surface area contributed by atoms with E-state index in [1.807, 2.05) is 12.1 Å². The molecule has 0 unspecified atom stereocenters. The van der Waals surface area contributed by atoms with Gasteiger partial charge in [0.2, 0.25) is 0 Å². The molecule has 0 aliphatic carbocycles. The Balaban J connectivity index is 2.25. The summed E-state index contributed by atoms with van der Waals surface area (Å²) in [4.78, 5) is 4.28. The van der Waals surface area contributed by atoms with Crippen molar-refractivity contribution in [3.63, 3.8) is 0 Å². The zero-order valence-electron chi connectivity index (χ0n) is 7.57. The van der Waals surface area contributed by atoms with Crippen molar-refractivity contribution < 1.29 is 0 Å². The molecule has 0 amide bonds. The molecular weight excluding hydrogens is 242 g/mol. The van der Waals surface area contributed by atoms with Crippen LogP contribution < -0.4 is 0 Å². The fraction of sp³-hybridized carbons (Fsp3) is 0.200. The second-order valence-corrected chi connectivity index (χ2v) is 3.74. The fourth-order valence-corrected chi connectivity index (χ4v) is 1.48. The van der Waals surface area contributed by atoms with Gasteiger partial charge < -0.3 is 0 Å². The minimum Gasteiger partial charge on any atom is -0.276 e. The lowest BCUT2D eigenvalue weighted by Gasteiger charge is -1.92. The number of aromatic nitrogens is 3. The normalized spacial score (nSPS) is 11.5. The third kappa shape index (κ3) is 2.01. The molecule has 72 valence electrons. The minimum atomic E-state index is 0.972. The molecule has 0 saturated heterocycles. The van der Waals surface area contributed by atoms with Gasteiger partial charge in [-0.2, -0.15) is 5.10 Å². The Labute approximate surface area is 90.4 Å². The average molecular weight is 252 g/mol. The number of H-pyrrole nitrogens is 1. The van der Waals surface area contributed by atoms with Crippen molar-refractivity contribution in [2.45, 2.75) is 6.42 Å². The van der Waals surface area contributed by atoms with Crippen LogP contribution in [-0.2, 0) is 0 Å². The van der Waals surface area contributed by atoms with Gasteiger partial charge in [0.15, 0.2) is 0 Å². The average Bonchev–Trinajstić information content (AvgIpc) is 2.65. The molecule has 3 nitrogen and oxygen atoms in total. The van der Waals surface area contributed by atoms with Crippen LogP contribution >= 0.6 is 15.9 Å². The van der Waals surface area contributed by atoms with Crippen LogP contribution in [-0.4, -0.2) is 20.5 Å². The lowest BCUT2D eigenvalue weighted by molar-refractivity contribution is 1.11. The summed E-state index contributed by atoms with van der Waals surface area (Å²) < 4.78 is 0. The number of nitrogens with zero attached hydrogens (tertiary/aromatic N) is 2. The minimum absolute atomic E-state index is 0.972.